The zero-order valence-electron chi connectivity index (χ0n) is 8.73. The van der Waals surface area contributed by atoms with E-state index in [1.165, 1.54) is 10.9 Å². The van der Waals surface area contributed by atoms with Gasteiger partial charge in [-0.1, -0.05) is 29.8 Å². The average molecular weight is 202 g/mol. The molecule has 0 saturated carbocycles. The molecule has 0 atom stereocenters. The third kappa shape index (κ3) is 2.28. The highest BCUT2D eigenvalue weighted by Gasteiger charge is 1.97. The van der Waals surface area contributed by atoms with Crippen molar-refractivity contribution >= 4 is 10.8 Å². The van der Waals surface area contributed by atoms with Gasteiger partial charge in [0.15, 0.2) is 0 Å². The van der Waals surface area contributed by atoms with Gasteiger partial charge in [-0.15, -0.1) is 0 Å². The summed E-state index contributed by atoms with van der Waals surface area (Å²) < 4.78 is 5.34. The number of aliphatic hydroxyl groups is 1. The highest BCUT2D eigenvalue weighted by atomic mass is 16.5. The molecule has 2 aromatic rings. The molecule has 0 saturated heterocycles. The van der Waals surface area contributed by atoms with Crippen LogP contribution in [0.15, 0.2) is 36.4 Å². The molecule has 0 aliphatic carbocycles. The van der Waals surface area contributed by atoms with Crippen molar-refractivity contribution in [3.8, 4) is 5.75 Å². The second kappa shape index (κ2) is 4.32. The van der Waals surface area contributed by atoms with Gasteiger partial charge in [0.25, 0.3) is 0 Å². The van der Waals surface area contributed by atoms with Crippen LogP contribution in [0.4, 0.5) is 0 Å². The van der Waals surface area contributed by atoms with Gasteiger partial charge in [0, 0.05) is 0 Å². The number of rotatable bonds is 3. The number of benzene rings is 2. The zero-order valence-corrected chi connectivity index (χ0v) is 8.73. The number of ether oxygens (including phenoxy) is 1. The van der Waals surface area contributed by atoms with E-state index in [0.717, 1.165) is 11.1 Å². The standard InChI is InChI=1S/C13H14O2/c1-10-2-3-12-9-13(15-7-6-14)5-4-11(12)8-10/h2-5,8-9,14H,6-7H2,1H3. The molecule has 0 heterocycles. The lowest BCUT2D eigenvalue weighted by Gasteiger charge is -2.05. The smallest absolute Gasteiger partial charge is 0.120 e. The van der Waals surface area contributed by atoms with Gasteiger partial charge < -0.3 is 9.84 Å². The Hall–Kier alpha value is -1.54. The van der Waals surface area contributed by atoms with Crippen molar-refractivity contribution in [3.05, 3.63) is 42.0 Å². The van der Waals surface area contributed by atoms with Gasteiger partial charge in [-0.05, 0) is 29.8 Å². The van der Waals surface area contributed by atoms with Crippen molar-refractivity contribution in [2.75, 3.05) is 13.2 Å². The Kier molecular flexibility index (Phi) is 2.88. The number of aryl methyl sites for hydroxylation is 1. The third-order valence-corrected chi connectivity index (χ3v) is 2.33. The SMILES string of the molecule is Cc1ccc2cc(OCCO)ccc2c1. The highest BCUT2D eigenvalue weighted by Crippen LogP contribution is 2.21. The lowest BCUT2D eigenvalue weighted by Crippen LogP contribution is -2.01. The van der Waals surface area contributed by atoms with E-state index in [-0.39, 0.29) is 6.61 Å². The minimum atomic E-state index is 0.0476. The van der Waals surface area contributed by atoms with Crippen molar-refractivity contribution in [1.29, 1.82) is 0 Å². The minimum Gasteiger partial charge on any atom is -0.491 e. The molecule has 0 bridgehead atoms. The van der Waals surface area contributed by atoms with Crippen LogP contribution in [0.5, 0.6) is 5.75 Å². The van der Waals surface area contributed by atoms with Gasteiger partial charge in [0.1, 0.15) is 12.4 Å². The summed E-state index contributed by atoms with van der Waals surface area (Å²) in [7, 11) is 0. The molecule has 1 N–H and O–H groups in total. The molecule has 15 heavy (non-hydrogen) atoms. The van der Waals surface area contributed by atoms with E-state index in [9.17, 15) is 0 Å². The molecule has 0 spiro atoms. The van der Waals surface area contributed by atoms with Crippen LogP contribution in [0.3, 0.4) is 0 Å². The van der Waals surface area contributed by atoms with Crippen LogP contribution in [-0.2, 0) is 0 Å². The molecular weight excluding hydrogens is 188 g/mol. The second-order valence-electron chi connectivity index (χ2n) is 3.58. The lowest BCUT2D eigenvalue weighted by atomic mass is 10.1. The minimum absolute atomic E-state index is 0.0476. The van der Waals surface area contributed by atoms with Gasteiger partial charge in [-0.2, -0.15) is 0 Å². The Balaban J connectivity index is 2.34. The number of aliphatic hydroxyl groups excluding tert-OH is 1. The fraction of sp³-hybridized carbons (Fsp3) is 0.231. The first-order chi connectivity index (χ1) is 7.29. The van der Waals surface area contributed by atoms with E-state index in [4.69, 9.17) is 9.84 Å². The first kappa shape index (κ1) is 9.99. The van der Waals surface area contributed by atoms with Gasteiger partial charge >= 0.3 is 0 Å². The lowest BCUT2D eigenvalue weighted by molar-refractivity contribution is 0.201. The first-order valence-corrected chi connectivity index (χ1v) is 5.04. The molecule has 0 aliphatic rings. The summed E-state index contributed by atoms with van der Waals surface area (Å²) in [6.45, 7) is 2.47. The van der Waals surface area contributed by atoms with Crippen LogP contribution in [-0.4, -0.2) is 18.3 Å². The highest BCUT2D eigenvalue weighted by molar-refractivity contribution is 5.84. The second-order valence-corrected chi connectivity index (χ2v) is 3.58. The summed E-state index contributed by atoms with van der Waals surface area (Å²) in [5.74, 6) is 0.806. The fourth-order valence-electron chi connectivity index (χ4n) is 1.60. The largest absolute Gasteiger partial charge is 0.491 e. The molecule has 0 aromatic heterocycles. The predicted molar refractivity (Wildman–Crippen MR) is 61.3 cm³/mol. The molecule has 0 fully saturated rings. The van der Waals surface area contributed by atoms with Crippen molar-refractivity contribution < 1.29 is 9.84 Å². The monoisotopic (exact) mass is 202 g/mol. The molecule has 0 unspecified atom stereocenters. The third-order valence-electron chi connectivity index (χ3n) is 2.33. The Morgan fingerprint density at radius 2 is 1.80 bits per heavy atom. The van der Waals surface area contributed by atoms with Crippen LogP contribution in [0.1, 0.15) is 5.56 Å². The van der Waals surface area contributed by atoms with Crippen LogP contribution in [0, 0.1) is 6.92 Å². The number of hydrogen-bond acceptors (Lipinski definition) is 2. The first-order valence-electron chi connectivity index (χ1n) is 5.04. The Morgan fingerprint density at radius 1 is 1.07 bits per heavy atom. The van der Waals surface area contributed by atoms with Crippen LogP contribution in [0.25, 0.3) is 10.8 Å². The fourth-order valence-corrected chi connectivity index (χ4v) is 1.60. The van der Waals surface area contributed by atoms with E-state index in [1.807, 2.05) is 18.2 Å². The summed E-state index contributed by atoms with van der Waals surface area (Å²) in [6, 6.07) is 12.3. The van der Waals surface area contributed by atoms with E-state index >= 15 is 0 Å². The van der Waals surface area contributed by atoms with Crippen molar-refractivity contribution in [3.63, 3.8) is 0 Å². The van der Waals surface area contributed by atoms with E-state index in [1.54, 1.807) is 0 Å². The molecule has 2 aromatic carbocycles. The summed E-state index contributed by atoms with van der Waals surface area (Å²) in [6.07, 6.45) is 0. The van der Waals surface area contributed by atoms with Gasteiger partial charge in [0.05, 0.1) is 6.61 Å². The molecule has 0 aliphatic heterocycles. The zero-order chi connectivity index (χ0) is 10.7. The Morgan fingerprint density at radius 3 is 2.60 bits per heavy atom. The van der Waals surface area contributed by atoms with E-state index in [2.05, 4.69) is 25.1 Å². The quantitative estimate of drug-likeness (QED) is 0.828. The van der Waals surface area contributed by atoms with E-state index in [0.29, 0.717) is 6.61 Å². The maximum absolute atomic E-state index is 8.65. The van der Waals surface area contributed by atoms with Crippen molar-refractivity contribution in [2.24, 2.45) is 0 Å². The van der Waals surface area contributed by atoms with Gasteiger partial charge in [-0.3, -0.25) is 0 Å². The topological polar surface area (TPSA) is 29.5 Å². The van der Waals surface area contributed by atoms with E-state index < -0.39 is 0 Å². The number of fused-ring (bicyclic) bond motifs is 1. The summed E-state index contributed by atoms with van der Waals surface area (Å²) in [5.41, 5.74) is 1.26. The molecule has 78 valence electrons. The number of hydrogen-bond donors (Lipinski definition) is 1. The maximum atomic E-state index is 8.65. The van der Waals surface area contributed by atoms with Crippen molar-refractivity contribution in [1.82, 2.24) is 0 Å². The molecular formula is C13H14O2. The van der Waals surface area contributed by atoms with Crippen molar-refractivity contribution in [2.45, 2.75) is 6.92 Å². The van der Waals surface area contributed by atoms with Gasteiger partial charge in [0.2, 0.25) is 0 Å². The molecule has 2 nitrogen and oxygen atoms in total. The van der Waals surface area contributed by atoms with Crippen LogP contribution in [0.2, 0.25) is 0 Å². The Bertz CT molecular complexity index is 463. The molecule has 0 radical (unpaired) electrons. The van der Waals surface area contributed by atoms with Gasteiger partial charge in [-0.25, -0.2) is 0 Å². The molecule has 0 amide bonds. The predicted octanol–water partition coefficient (Wildman–Crippen LogP) is 2.52. The summed E-state index contributed by atoms with van der Waals surface area (Å²) in [4.78, 5) is 0. The summed E-state index contributed by atoms with van der Waals surface area (Å²) in [5, 5.41) is 11.0. The normalized spacial score (nSPS) is 10.5. The summed E-state index contributed by atoms with van der Waals surface area (Å²) >= 11 is 0. The maximum Gasteiger partial charge on any atom is 0.120 e. The Labute approximate surface area is 89.1 Å². The molecule has 2 rings (SSSR count). The molecule has 2 heteroatoms. The average Bonchev–Trinajstić information content (AvgIpc) is 2.26. The van der Waals surface area contributed by atoms with Crippen LogP contribution < -0.4 is 4.74 Å². The van der Waals surface area contributed by atoms with Crippen LogP contribution >= 0.6 is 0 Å².